The van der Waals surface area contributed by atoms with E-state index in [1.165, 1.54) is 21.1 Å². The van der Waals surface area contributed by atoms with E-state index in [0.29, 0.717) is 11.5 Å². The summed E-state index contributed by atoms with van der Waals surface area (Å²) in [5, 5.41) is 8.40. The van der Waals surface area contributed by atoms with Crippen molar-refractivity contribution in [2.45, 2.75) is 25.8 Å². The van der Waals surface area contributed by atoms with E-state index in [-0.39, 0.29) is 12.8 Å². The SMILES string of the molecule is CN.CN.CNC(=O)[C@H](CC(N)=O)NC(=O)Cc1cc(C)no1. The Kier molecular flexibility index (Phi) is 13.1. The van der Waals surface area contributed by atoms with E-state index < -0.39 is 23.8 Å². The van der Waals surface area contributed by atoms with Crippen LogP contribution in [-0.2, 0) is 20.8 Å². The van der Waals surface area contributed by atoms with Crippen molar-refractivity contribution >= 4 is 17.7 Å². The van der Waals surface area contributed by atoms with Crippen LogP contribution in [0.3, 0.4) is 0 Å². The van der Waals surface area contributed by atoms with Gasteiger partial charge < -0.3 is 32.4 Å². The average Bonchev–Trinajstić information content (AvgIpc) is 2.94. The summed E-state index contributed by atoms with van der Waals surface area (Å²) in [5.74, 6) is -1.24. The quantitative estimate of drug-likeness (QED) is 0.392. The lowest BCUT2D eigenvalue weighted by Crippen LogP contribution is -2.48. The van der Waals surface area contributed by atoms with Crippen LogP contribution in [0.25, 0.3) is 0 Å². The summed E-state index contributed by atoms with van der Waals surface area (Å²) < 4.78 is 4.88. The van der Waals surface area contributed by atoms with Crippen LogP contribution in [0.5, 0.6) is 0 Å². The molecule has 1 rings (SSSR count). The van der Waals surface area contributed by atoms with E-state index >= 15 is 0 Å². The number of rotatable bonds is 6. The lowest BCUT2D eigenvalue weighted by Gasteiger charge is -2.15. The molecule has 1 heterocycles. The van der Waals surface area contributed by atoms with E-state index in [0.717, 1.165) is 0 Å². The molecule has 3 amide bonds. The van der Waals surface area contributed by atoms with Gasteiger partial charge in [-0.2, -0.15) is 0 Å². The molecule has 0 aliphatic heterocycles. The Balaban J connectivity index is 0. The third-order valence-electron chi connectivity index (χ3n) is 2.31. The molecule has 0 aliphatic carbocycles. The summed E-state index contributed by atoms with van der Waals surface area (Å²) in [6, 6.07) is 0.627. The summed E-state index contributed by atoms with van der Waals surface area (Å²) in [6.07, 6.45) is -0.325. The molecule has 1 aromatic rings. The number of nitrogens with zero attached hydrogens (tertiary/aromatic N) is 1. The zero-order valence-corrected chi connectivity index (χ0v) is 13.9. The molecule has 0 unspecified atom stereocenters. The van der Waals surface area contributed by atoms with Gasteiger partial charge in [-0.1, -0.05) is 5.16 Å². The number of primary amides is 1. The highest BCUT2D eigenvalue weighted by molar-refractivity contribution is 5.91. The molecule has 132 valence electrons. The fourth-order valence-corrected chi connectivity index (χ4v) is 1.49. The molecule has 0 saturated heterocycles. The zero-order valence-electron chi connectivity index (χ0n) is 13.9. The monoisotopic (exact) mass is 330 g/mol. The first-order valence-electron chi connectivity index (χ1n) is 6.79. The van der Waals surface area contributed by atoms with Gasteiger partial charge in [0, 0.05) is 13.1 Å². The number of aromatic nitrogens is 1. The number of nitrogens with one attached hydrogen (secondary N) is 2. The van der Waals surface area contributed by atoms with Gasteiger partial charge in [-0.25, -0.2) is 0 Å². The molecule has 0 fully saturated rings. The number of carbonyl (C=O) groups is 3. The fourth-order valence-electron chi connectivity index (χ4n) is 1.49. The number of hydrogen-bond donors (Lipinski definition) is 5. The topological polar surface area (TPSA) is 179 Å². The lowest BCUT2D eigenvalue weighted by atomic mass is 10.1. The average molecular weight is 330 g/mol. The van der Waals surface area contributed by atoms with Crippen molar-refractivity contribution in [3.8, 4) is 0 Å². The van der Waals surface area contributed by atoms with Crippen LogP contribution in [0.1, 0.15) is 17.9 Å². The molecule has 0 saturated carbocycles. The highest BCUT2D eigenvalue weighted by Crippen LogP contribution is 2.03. The van der Waals surface area contributed by atoms with Crippen molar-refractivity contribution in [2.24, 2.45) is 17.2 Å². The first kappa shape index (κ1) is 22.8. The Morgan fingerprint density at radius 1 is 1.26 bits per heavy atom. The Morgan fingerprint density at radius 2 is 1.83 bits per heavy atom. The molecule has 10 nitrogen and oxygen atoms in total. The summed E-state index contributed by atoms with van der Waals surface area (Å²) in [7, 11) is 4.41. The summed E-state index contributed by atoms with van der Waals surface area (Å²) in [5.41, 5.74) is 14.7. The molecule has 0 spiro atoms. The van der Waals surface area contributed by atoms with Gasteiger partial charge in [-0.05, 0) is 21.0 Å². The second-order valence-corrected chi connectivity index (χ2v) is 4.02. The van der Waals surface area contributed by atoms with Gasteiger partial charge >= 0.3 is 0 Å². The molecule has 0 bridgehead atoms. The first-order chi connectivity index (χ1) is 10.9. The molecule has 0 radical (unpaired) electrons. The highest BCUT2D eigenvalue weighted by atomic mass is 16.5. The predicted octanol–water partition coefficient (Wildman–Crippen LogP) is -2.22. The van der Waals surface area contributed by atoms with Crippen LogP contribution in [0.15, 0.2) is 10.6 Å². The first-order valence-corrected chi connectivity index (χ1v) is 6.79. The normalized spacial score (nSPS) is 10.2. The van der Waals surface area contributed by atoms with Gasteiger partial charge in [-0.15, -0.1) is 0 Å². The number of hydrogen-bond acceptors (Lipinski definition) is 7. The standard InChI is InChI=1S/C11H16N4O4.2CH5N/c1-6-3-7(19-15-6)4-10(17)14-8(5-9(12)16)11(18)13-2;2*1-2/h3,8H,4-5H2,1-2H3,(H2,12,16)(H,13,18)(H,14,17);2*2H2,1H3/t8-;;/m0../s1. The predicted molar refractivity (Wildman–Crippen MR) is 85.0 cm³/mol. The van der Waals surface area contributed by atoms with Crippen LogP contribution in [-0.4, -0.2) is 50.1 Å². The molecule has 1 aromatic heterocycles. The van der Waals surface area contributed by atoms with Crippen LogP contribution in [0, 0.1) is 6.92 Å². The van der Waals surface area contributed by atoms with Crippen molar-refractivity contribution in [3.63, 3.8) is 0 Å². The van der Waals surface area contributed by atoms with Crippen LogP contribution < -0.4 is 27.8 Å². The zero-order chi connectivity index (χ0) is 18.4. The molecule has 1 atom stereocenters. The Bertz CT molecular complexity index is 489. The maximum absolute atomic E-state index is 11.7. The van der Waals surface area contributed by atoms with Crippen molar-refractivity contribution < 1.29 is 18.9 Å². The molecule has 10 heteroatoms. The summed E-state index contributed by atoms with van der Waals surface area (Å²) in [4.78, 5) is 34.0. The van der Waals surface area contributed by atoms with E-state index in [4.69, 9.17) is 10.3 Å². The van der Waals surface area contributed by atoms with Crippen LogP contribution in [0.2, 0.25) is 0 Å². The minimum atomic E-state index is -0.987. The molecule has 0 aliphatic rings. The van der Waals surface area contributed by atoms with Crippen molar-refractivity contribution in [1.82, 2.24) is 15.8 Å². The Hall–Kier alpha value is -2.46. The van der Waals surface area contributed by atoms with Gasteiger partial charge in [0.15, 0.2) is 0 Å². The third-order valence-corrected chi connectivity index (χ3v) is 2.31. The van der Waals surface area contributed by atoms with E-state index in [1.54, 1.807) is 13.0 Å². The van der Waals surface area contributed by atoms with Gasteiger partial charge in [0.1, 0.15) is 11.8 Å². The van der Waals surface area contributed by atoms with Crippen molar-refractivity contribution in [3.05, 3.63) is 17.5 Å². The van der Waals surface area contributed by atoms with Gasteiger partial charge in [0.05, 0.1) is 18.5 Å². The minimum absolute atomic E-state index is 0.0624. The second kappa shape index (κ2) is 13.2. The van der Waals surface area contributed by atoms with Gasteiger partial charge in [0.2, 0.25) is 17.7 Å². The number of carbonyl (C=O) groups excluding carboxylic acids is 3. The van der Waals surface area contributed by atoms with E-state index in [1.807, 2.05) is 0 Å². The minimum Gasteiger partial charge on any atom is -0.370 e. The smallest absolute Gasteiger partial charge is 0.242 e. The van der Waals surface area contributed by atoms with Gasteiger partial charge in [0.25, 0.3) is 0 Å². The summed E-state index contributed by atoms with van der Waals surface area (Å²) in [6.45, 7) is 1.73. The number of nitrogens with two attached hydrogens (primary N) is 3. The third kappa shape index (κ3) is 9.98. The van der Waals surface area contributed by atoms with Crippen molar-refractivity contribution in [1.29, 1.82) is 0 Å². The highest BCUT2D eigenvalue weighted by Gasteiger charge is 2.22. The Morgan fingerprint density at radius 3 is 2.22 bits per heavy atom. The fraction of sp³-hybridized carbons (Fsp3) is 0.538. The number of likely N-dealkylation sites (N-methyl/N-ethyl adjacent to an activating group) is 1. The molecular weight excluding hydrogens is 304 g/mol. The molecule has 8 N–H and O–H groups in total. The van der Waals surface area contributed by atoms with Crippen LogP contribution in [0.4, 0.5) is 0 Å². The largest absolute Gasteiger partial charge is 0.370 e. The number of amides is 3. The van der Waals surface area contributed by atoms with Crippen molar-refractivity contribution in [2.75, 3.05) is 21.1 Å². The maximum atomic E-state index is 11.7. The van der Waals surface area contributed by atoms with Crippen LogP contribution >= 0.6 is 0 Å². The second-order valence-electron chi connectivity index (χ2n) is 4.02. The summed E-state index contributed by atoms with van der Waals surface area (Å²) >= 11 is 0. The molecule has 0 aromatic carbocycles. The van der Waals surface area contributed by atoms with E-state index in [2.05, 4.69) is 27.3 Å². The number of aryl methyl sites for hydroxylation is 1. The maximum Gasteiger partial charge on any atom is 0.242 e. The lowest BCUT2D eigenvalue weighted by molar-refractivity contribution is -0.130. The molecular formula is C13H26N6O4. The molecule has 23 heavy (non-hydrogen) atoms. The van der Waals surface area contributed by atoms with Gasteiger partial charge in [-0.3, -0.25) is 14.4 Å². The van der Waals surface area contributed by atoms with E-state index in [9.17, 15) is 14.4 Å². The Labute approximate surface area is 135 Å².